The number of carbonyl (C=O) groups excluding carboxylic acids is 1. The van der Waals surface area contributed by atoms with E-state index in [4.69, 9.17) is 0 Å². The van der Waals surface area contributed by atoms with Crippen molar-refractivity contribution in [3.8, 4) is 0 Å². The van der Waals surface area contributed by atoms with Crippen LogP contribution in [0.2, 0.25) is 0 Å². The lowest BCUT2D eigenvalue weighted by Crippen LogP contribution is -2.28. The predicted molar refractivity (Wildman–Crippen MR) is 93.0 cm³/mol. The summed E-state index contributed by atoms with van der Waals surface area (Å²) in [5.74, 6) is 0.391. The molecule has 130 valence electrons. The van der Waals surface area contributed by atoms with Crippen LogP contribution >= 0.6 is 11.3 Å². The molecule has 2 aromatic heterocycles. The summed E-state index contributed by atoms with van der Waals surface area (Å²) in [6, 6.07) is 0. The van der Waals surface area contributed by atoms with E-state index >= 15 is 0 Å². The minimum atomic E-state index is -0.952. The summed E-state index contributed by atoms with van der Waals surface area (Å²) in [7, 11) is 3.64. The normalized spacial score (nSPS) is 15.4. The Bertz CT molecular complexity index is 740. The van der Waals surface area contributed by atoms with E-state index in [9.17, 15) is 9.90 Å². The van der Waals surface area contributed by atoms with Gasteiger partial charge in [-0.15, -0.1) is 11.3 Å². The number of rotatable bonds is 5. The SMILES string of the molecule is CN(Cc1csc(C(C)(C)O)n1)C(=O)c1cn(C)nc1C1CCC1. The van der Waals surface area contributed by atoms with Gasteiger partial charge in [-0.25, -0.2) is 4.98 Å². The van der Waals surface area contributed by atoms with Crippen LogP contribution in [-0.4, -0.2) is 37.7 Å². The minimum absolute atomic E-state index is 0.0252. The molecule has 0 unspecified atom stereocenters. The molecule has 1 N–H and O–H groups in total. The summed E-state index contributed by atoms with van der Waals surface area (Å²) in [5.41, 5.74) is 1.47. The molecule has 7 heteroatoms. The topological polar surface area (TPSA) is 71.2 Å². The molecule has 1 aliphatic carbocycles. The minimum Gasteiger partial charge on any atom is -0.383 e. The Balaban J connectivity index is 1.74. The van der Waals surface area contributed by atoms with Crippen LogP contribution in [0.25, 0.3) is 0 Å². The average molecular weight is 348 g/mol. The first kappa shape index (κ1) is 17.1. The Labute approximate surface area is 146 Å². The van der Waals surface area contributed by atoms with Gasteiger partial charge in [-0.05, 0) is 26.7 Å². The summed E-state index contributed by atoms with van der Waals surface area (Å²) in [6.07, 6.45) is 5.25. The molecule has 1 amide bonds. The van der Waals surface area contributed by atoms with Crippen molar-refractivity contribution in [2.45, 2.75) is 51.2 Å². The van der Waals surface area contributed by atoms with Crippen LogP contribution in [0, 0.1) is 0 Å². The monoisotopic (exact) mass is 348 g/mol. The number of nitrogens with zero attached hydrogens (tertiary/aromatic N) is 4. The highest BCUT2D eigenvalue weighted by Crippen LogP contribution is 2.37. The zero-order valence-electron chi connectivity index (χ0n) is 14.6. The molecule has 0 bridgehead atoms. The number of aromatic nitrogens is 3. The molecule has 6 nitrogen and oxygen atoms in total. The molecule has 0 atom stereocenters. The first-order valence-electron chi connectivity index (χ1n) is 8.22. The van der Waals surface area contributed by atoms with Crippen LogP contribution in [0.3, 0.4) is 0 Å². The van der Waals surface area contributed by atoms with E-state index in [1.54, 1.807) is 30.5 Å². The zero-order valence-corrected chi connectivity index (χ0v) is 15.4. The molecule has 2 heterocycles. The molecule has 0 saturated heterocycles. The van der Waals surface area contributed by atoms with Gasteiger partial charge in [0.15, 0.2) is 0 Å². The molecule has 2 aromatic rings. The van der Waals surface area contributed by atoms with Crippen molar-refractivity contribution >= 4 is 17.2 Å². The number of amides is 1. The van der Waals surface area contributed by atoms with Crippen molar-refractivity contribution in [1.29, 1.82) is 0 Å². The Hall–Kier alpha value is -1.73. The van der Waals surface area contributed by atoms with E-state index in [1.807, 2.05) is 18.6 Å². The largest absolute Gasteiger partial charge is 0.383 e. The number of hydrogen-bond donors (Lipinski definition) is 1. The van der Waals surface area contributed by atoms with E-state index in [1.165, 1.54) is 17.8 Å². The quantitative estimate of drug-likeness (QED) is 0.902. The average Bonchev–Trinajstić information content (AvgIpc) is 3.02. The standard InChI is InChI=1S/C17H24N4O2S/c1-17(2,23)16-18-12(10-24-16)8-20(3)15(22)13-9-21(4)19-14(13)11-6-5-7-11/h9-11,23H,5-8H2,1-4H3. The fraction of sp³-hybridized carbons (Fsp3) is 0.588. The first-order chi connectivity index (χ1) is 11.3. The van der Waals surface area contributed by atoms with Crippen LogP contribution in [0.1, 0.15) is 65.8 Å². The third-order valence-electron chi connectivity index (χ3n) is 4.40. The van der Waals surface area contributed by atoms with Gasteiger partial charge in [-0.3, -0.25) is 9.48 Å². The lowest BCUT2D eigenvalue weighted by atomic mass is 9.81. The molecule has 0 aliphatic heterocycles. The maximum atomic E-state index is 12.8. The second-order valence-corrected chi connectivity index (χ2v) is 7.95. The highest BCUT2D eigenvalue weighted by atomic mass is 32.1. The van der Waals surface area contributed by atoms with Crippen LogP contribution in [0.5, 0.6) is 0 Å². The van der Waals surface area contributed by atoms with E-state index < -0.39 is 5.60 Å². The Morgan fingerprint density at radius 2 is 2.21 bits per heavy atom. The number of hydrogen-bond acceptors (Lipinski definition) is 5. The predicted octanol–water partition coefficient (Wildman–Crippen LogP) is 2.64. The molecule has 0 aromatic carbocycles. The summed E-state index contributed by atoms with van der Waals surface area (Å²) >= 11 is 1.42. The van der Waals surface area contributed by atoms with Gasteiger partial charge in [-0.1, -0.05) is 6.42 Å². The molecule has 24 heavy (non-hydrogen) atoms. The highest BCUT2D eigenvalue weighted by molar-refractivity contribution is 7.09. The summed E-state index contributed by atoms with van der Waals surface area (Å²) in [6.45, 7) is 3.85. The molecule has 0 spiro atoms. The lowest BCUT2D eigenvalue weighted by molar-refractivity contribution is 0.0768. The molecule has 3 rings (SSSR count). The molecule has 0 radical (unpaired) electrons. The number of aryl methyl sites for hydroxylation is 1. The van der Waals surface area contributed by atoms with E-state index in [0.29, 0.717) is 23.0 Å². The Kier molecular flexibility index (Phi) is 4.48. The first-order valence-corrected chi connectivity index (χ1v) is 9.10. The Morgan fingerprint density at radius 1 is 1.50 bits per heavy atom. The van der Waals surface area contributed by atoms with Crippen molar-refractivity contribution in [2.24, 2.45) is 7.05 Å². The van der Waals surface area contributed by atoms with Crippen molar-refractivity contribution in [3.63, 3.8) is 0 Å². The van der Waals surface area contributed by atoms with E-state index in [0.717, 1.165) is 24.2 Å². The van der Waals surface area contributed by atoms with E-state index in [2.05, 4.69) is 10.1 Å². The fourth-order valence-electron chi connectivity index (χ4n) is 2.83. The molecule has 1 fully saturated rings. The van der Waals surface area contributed by atoms with Crippen LogP contribution in [-0.2, 0) is 19.2 Å². The van der Waals surface area contributed by atoms with Gasteiger partial charge in [0.1, 0.15) is 10.6 Å². The van der Waals surface area contributed by atoms with Gasteiger partial charge in [-0.2, -0.15) is 5.10 Å². The Morgan fingerprint density at radius 3 is 2.75 bits per heavy atom. The van der Waals surface area contributed by atoms with Crippen molar-refractivity contribution in [3.05, 3.63) is 33.5 Å². The summed E-state index contributed by atoms with van der Waals surface area (Å²) in [5, 5.41) is 17.1. The molecular formula is C17H24N4O2S. The third-order valence-corrected chi connectivity index (χ3v) is 5.60. The van der Waals surface area contributed by atoms with Crippen molar-refractivity contribution in [1.82, 2.24) is 19.7 Å². The van der Waals surface area contributed by atoms with Crippen LogP contribution in [0.4, 0.5) is 0 Å². The number of aliphatic hydroxyl groups is 1. The van der Waals surface area contributed by atoms with Crippen molar-refractivity contribution in [2.75, 3.05) is 7.05 Å². The molecular weight excluding hydrogens is 324 g/mol. The van der Waals surface area contributed by atoms with Gasteiger partial charge in [0.05, 0.1) is 23.5 Å². The van der Waals surface area contributed by atoms with Crippen LogP contribution in [0.15, 0.2) is 11.6 Å². The number of carbonyl (C=O) groups is 1. The van der Waals surface area contributed by atoms with Gasteiger partial charge >= 0.3 is 0 Å². The van der Waals surface area contributed by atoms with Gasteiger partial charge in [0.2, 0.25) is 0 Å². The smallest absolute Gasteiger partial charge is 0.257 e. The fourth-order valence-corrected chi connectivity index (χ4v) is 3.67. The van der Waals surface area contributed by atoms with Crippen LogP contribution < -0.4 is 0 Å². The second-order valence-electron chi connectivity index (χ2n) is 7.09. The van der Waals surface area contributed by atoms with Crippen molar-refractivity contribution < 1.29 is 9.90 Å². The highest BCUT2D eigenvalue weighted by Gasteiger charge is 2.29. The summed E-state index contributed by atoms with van der Waals surface area (Å²) < 4.78 is 1.73. The molecule has 1 aliphatic rings. The maximum Gasteiger partial charge on any atom is 0.257 e. The lowest BCUT2D eigenvalue weighted by Gasteiger charge is -2.25. The summed E-state index contributed by atoms with van der Waals surface area (Å²) in [4.78, 5) is 18.9. The third kappa shape index (κ3) is 3.37. The molecule has 1 saturated carbocycles. The van der Waals surface area contributed by atoms with Gasteiger partial charge in [0.25, 0.3) is 5.91 Å². The number of thiazole rings is 1. The van der Waals surface area contributed by atoms with Gasteiger partial charge < -0.3 is 10.0 Å². The second kappa shape index (κ2) is 6.29. The van der Waals surface area contributed by atoms with E-state index in [-0.39, 0.29) is 5.91 Å². The zero-order chi connectivity index (χ0) is 17.5. The maximum absolute atomic E-state index is 12.8. The van der Waals surface area contributed by atoms with Gasteiger partial charge in [0, 0.05) is 31.6 Å².